The Kier molecular flexibility index (Phi) is 6.64. The zero-order valence-electron chi connectivity index (χ0n) is 21.9. The van der Waals surface area contributed by atoms with Crippen LogP contribution < -0.4 is 0 Å². The maximum atomic E-state index is 14.5. The van der Waals surface area contributed by atoms with E-state index in [0.717, 1.165) is 31.2 Å². The quantitative estimate of drug-likeness (QED) is 0.601. The van der Waals surface area contributed by atoms with Gasteiger partial charge in [0.2, 0.25) is 17.7 Å². The number of hydrogen-bond donors (Lipinski definition) is 1. The van der Waals surface area contributed by atoms with Gasteiger partial charge in [-0.25, -0.2) is 0 Å². The number of fused-ring (bicyclic) bond motifs is 2. The van der Waals surface area contributed by atoms with Crippen LogP contribution in [0.3, 0.4) is 0 Å². The molecule has 202 valence electrons. The molecule has 1 unspecified atom stereocenters. The average Bonchev–Trinajstić information content (AvgIpc) is 3.27. The fourth-order valence-corrected chi connectivity index (χ4v) is 7.47. The molecular weight excluding hydrogens is 482 g/mol. The molecule has 1 spiro atoms. The minimum atomic E-state index is -1.25. The number of ether oxygens (including phenoxy) is 1. The van der Waals surface area contributed by atoms with Gasteiger partial charge >= 0.3 is 0 Å². The van der Waals surface area contributed by atoms with Crippen molar-refractivity contribution in [2.75, 3.05) is 26.7 Å². The normalized spacial score (nSPS) is 34.2. The van der Waals surface area contributed by atoms with Gasteiger partial charge in [0.25, 0.3) is 0 Å². The molecule has 4 heterocycles. The van der Waals surface area contributed by atoms with Crippen molar-refractivity contribution in [3.05, 3.63) is 60.2 Å². The number of amides is 3. The van der Waals surface area contributed by atoms with Crippen LogP contribution in [0, 0.1) is 11.8 Å². The SMILES string of the molecule is CN1CC=C[C@H]2O[C@]34C=CCN(C5CCCCC5)C(=O)C3N([C@@H](CO)Cc3ccccc3)C(=O)[C@@H]4[C@H]2C1=O. The summed E-state index contributed by atoms with van der Waals surface area (Å²) in [6, 6.07) is 8.28. The Morgan fingerprint density at radius 1 is 1.00 bits per heavy atom. The molecule has 38 heavy (non-hydrogen) atoms. The number of aliphatic hydroxyl groups excluding tert-OH is 1. The van der Waals surface area contributed by atoms with Gasteiger partial charge in [-0.1, -0.05) is 73.9 Å². The van der Waals surface area contributed by atoms with Crippen LogP contribution in [0.5, 0.6) is 0 Å². The molecular formula is C30H37N3O5. The van der Waals surface area contributed by atoms with E-state index in [-0.39, 0.29) is 30.4 Å². The molecule has 0 aromatic heterocycles. The van der Waals surface area contributed by atoms with Gasteiger partial charge in [-0.15, -0.1) is 0 Å². The first-order valence-electron chi connectivity index (χ1n) is 14.0. The Morgan fingerprint density at radius 3 is 2.50 bits per heavy atom. The van der Waals surface area contributed by atoms with Crippen LogP contribution in [0.15, 0.2) is 54.6 Å². The number of carbonyl (C=O) groups excluding carboxylic acids is 3. The lowest BCUT2D eigenvalue weighted by molar-refractivity contribution is -0.152. The van der Waals surface area contributed by atoms with E-state index in [9.17, 15) is 19.5 Å². The fraction of sp³-hybridized carbons (Fsp3) is 0.567. The molecule has 0 bridgehead atoms. The summed E-state index contributed by atoms with van der Waals surface area (Å²) < 4.78 is 6.70. The Bertz CT molecular complexity index is 1150. The first-order valence-corrected chi connectivity index (χ1v) is 14.0. The van der Waals surface area contributed by atoms with Crippen molar-refractivity contribution in [2.45, 2.75) is 68.4 Å². The summed E-state index contributed by atoms with van der Waals surface area (Å²) in [6.45, 7) is 0.622. The Morgan fingerprint density at radius 2 is 1.76 bits per heavy atom. The predicted molar refractivity (Wildman–Crippen MR) is 141 cm³/mol. The molecule has 1 aliphatic carbocycles. The van der Waals surface area contributed by atoms with Crippen LogP contribution in [0.2, 0.25) is 0 Å². The summed E-state index contributed by atoms with van der Waals surface area (Å²) in [4.78, 5) is 47.7. The minimum absolute atomic E-state index is 0.119. The van der Waals surface area contributed by atoms with Crippen LogP contribution in [0.25, 0.3) is 0 Å². The molecule has 8 heteroatoms. The topological polar surface area (TPSA) is 90.4 Å². The number of rotatable bonds is 5. The molecule has 1 aromatic rings. The first kappa shape index (κ1) is 25.3. The summed E-state index contributed by atoms with van der Waals surface area (Å²) in [5, 5.41) is 10.6. The molecule has 4 aliphatic heterocycles. The van der Waals surface area contributed by atoms with E-state index in [0.29, 0.717) is 19.5 Å². The van der Waals surface area contributed by atoms with Crippen molar-refractivity contribution in [2.24, 2.45) is 11.8 Å². The third-order valence-corrected chi connectivity index (χ3v) is 9.26. The summed E-state index contributed by atoms with van der Waals surface area (Å²) in [5.41, 5.74) is -0.284. The predicted octanol–water partition coefficient (Wildman–Crippen LogP) is 1.93. The van der Waals surface area contributed by atoms with Gasteiger partial charge < -0.3 is 24.5 Å². The number of nitrogens with zero attached hydrogens (tertiary/aromatic N) is 3. The van der Waals surface area contributed by atoms with Gasteiger partial charge in [0.15, 0.2) is 0 Å². The van der Waals surface area contributed by atoms with Crippen molar-refractivity contribution in [1.29, 1.82) is 0 Å². The van der Waals surface area contributed by atoms with Gasteiger partial charge in [0.05, 0.1) is 30.6 Å². The number of carbonyl (C=O) groups is 3. The van der Waals surface area contributed by atoms with Crippen LogP contribution >= 0.6 is 0 Å². The third kappa shape index (κ3) is 3.92. The summed E-state index contributed by atoms with van der Waals surface area (Å²) in [5.74, 6) is -2.10. The van der Waals surface area contributed by atoms with Gasteiger partial charge in [-0.05, 0) is 24.8 Å². The maximum Gasteiger partial charge on any atom is 0.249 e. The van der Waals surface area contributed by atoms with Crippen molar-refractivity contribution >= 4 is 17.7 Å². The number of hydrogen-bond acceptors (Lipinski definition) is 5. The molecule has 5 aliphatic rings. The second kappa shape index (κ2) is 9.97. The molecule has 0 radical (unpaired) electrons. The van der Waals surface area contributed by atoms with Crippen molar-refractivity contribution in [3.8, 4) is 0 Å². The molecule has 8 nitrogen and oxygen atoms in total. The zero-order chi connectivity index (χ0) is 26.4. The molecule has 3 fully saturated rings. The van der Waals surface area contributed by atoms with E-state index >= 15 is 0 Å². The summed E-state index contributed by atoms with van der Waals surface area (Å²) >= 11 is 0. The van der Waals surface area contributed by atoms with E-state index in [2.05, 4.69) is 0 Å². The van der Waals surface area contributed by atoms with Crippen LogP contribution in [0.1, 0.15) is 37.7 Å². The van der Waals surface area contributed by atoms with E-state index in [4.69, 9.17) is 4.74 Å². The Balaban J connectivity index is 1.45. The highest BCUT2D eigenvalue weighted by atomic mass is 16.5. The van der Waals surface area contributed by atoms with Crippen molar-refractivity contribution < 1.29 is 24.2 Å². The molecule has 1 aromatic carbocycles. The first-order chi connectivity index (χ1) is 18.5. The molecule has 6 atom stereocenters. The highest BCUT2D eigenvalue weighted by molar-refractivity contribution is 6.00. The van der Waals surface area contributed by atoms with Crippen molar-refractivity contribution in [3.63, 3.8) is 0 Å². The highest BCUT2D eigenvalue weighted by Gasteiger charge is 2.72. The van der Waals surface area contributed by atoms with E-state index in [1.54, 1.807) is 16.8 Å². The summed E-state index contributed by atoms with van der Waals surface area (Å²) in [6.07, 6.45) is 12.7. The lowest BCUT2D eigenvalue weighted by Crippen LogP contribution is -2.60. The second-order valence-corrected chi connectivity index (χ2v) is 11.4. The number of likely N-dealkylation sites (tertiary alicyclic amines) is 1. The molecule has 6 rings (SSSR count). The zero-order valence-corrected chi connectivity index (χ0v) is 21.9. The lowest BCUT2D eigenvalue weighted by Gasteiger charge is -2.41. The highest BCUT2D eigenvalue weighted by Crippen LogP contribution is 2.54. The van der Waals surface area contributed by atoms with Gasteiger partial charge in [0.1, 0.15) is 11.6 Å². The Hall–Kier alpha value is -2.97. The molecule has 1 saturated carbocycles. The van der Waals surface area contributed by atoms with Crippen LogP contribution in [0.4, 0.5) is 0 Å². The number of aliphatic hydroxyl groups is 1. The minimum Gasteiger partial charge on any atom is -0.394 e. The van der Waals surface area contributed by atoms with E-state index < -0.39 is 35.6 Å². The van der Waals surface area contributed by atoms with Gasteiger partial charge in [-0.2, -0.15) is 0 Å². The van der Waals surface area contributed by atoms with Gasteiger partial charge in [0, 0.05) is 26.2 Å². The van der Waals surface area contributed by atoms with Gasteiger partial charge in [-0.3, -0.25) is 14.4 Å². The number of likely N-dealkylation sites (N-methyl/N-ethyl adjacent to an activating group) is 1. The smallest absolute Gasteiger partial charge is 0.249 e. The second-order valence-electron chi connectivity index (χ2n) is 11.4. The largest absolute Gasteiger partial charge is 0.394 e. The summed E-state index contributed by atoms with van der Waals surface area (Å²) in [7, 11) is 1.74. The number of benzene rings is 1. The van der Waals surface area contributed by atoms with Crippen LogP contribution in [-0.2, 0) is 25.5 Å². The van der Waals surface area contributed by atoms with E-state index in [1.165, 1.54) is 6.42 Å². The molecule has 3 amide bonds. The monoisotopic (exact) mass is 519 g/mol. The molecule has 1 N–H and O–H groups in total. The lowest BCUT2D eigenvalue weighted by atomic mass is 9.77. The fourth-order valence-electron chi connectivity index (χ4n) is 7.47. The average molecular weight is 520 g/mol. The Labute approximate surface area is 223 Å². The molecule has 2 saturated heterocycles. The van der Waals surface area contributed by atoms with E-state index in [1.807, 2.05) is 59.5 Å². The third-order valence-electron chi connectivity index (χ3n) is 9.26. The standard InChI is InChI=1S/C30H37N3O5/c1-31-16-8-14-23-24(27(31)35)25-28(36)33(22(19-34)18-20-10-4-2-5-11-20)26-29(37)32(21-12-6-3-7-13-21)17-9-15-30(25,26)38-23/h2,4-5,8-11,14-15,21-26,34H,3,6-7,12-13,16-19H2,1H3/t22-,23-,24+,25+,26?,30+/m1/s1. The van der Waals surface area contributed by atoms with Crippen LogP contribution in [-0.4, -0.2) is 94.1 Å². The maximum absolute atomic E-state index is 14.5. The van der Waals surface area contributed by atoms with Crippen molar-refractivity contribution in [1.82, 2.24) is 14.7 Å².